The van der Waals surface area contributed by atoms with Crippen LogP contribution in [0.2, 0.25) is 0 Å². The van der Waals surface area contributed by atoms with Crippen molar-refractivity contribution in [2.45, 2.75) is 6.61 Å². The van der Waals surface area contributed by atoms with E-state index in [1.54, 1.807) is 0 Å². The van der Waals surface area contributed by atoms with Crippen molar-refractivity contribution >= 4 is 5.97 Å². The van der Waals surface area contributed by atoms with E-state index in [-0.39, 0.29) is 25.5 Å². The number of hydrogen-bond acceptors (Lipinski definition) is 2. The van der Waals surface area contributed by atoms with Crippen molar-refractivity contribution in [1.29, 1.82) is 0 Å². The van der Waals surface area contributed by atoms with Gasteiger partial charge < -0.3 is 9.84 Å². The van der Waals surface area contributed by atoms with Crippen molar-refractivity contribution in [3.05, 3.63) is 78.7 Å². The number of carboxylic acids is 1. The monoisotopic (exact) mass is 264 g/mol. The normalized spacial score (nSPS) is 8.80. The molecule has 0 aliphatic carbocycles. The van der Waals surface area contributed by atoms with E-state index in [0.717, 1.165) is 11.1 Å². The number of aliphatic carboxylic acids is 1. The first-order valence-corrected chi connectivity index (χ1v) is 5.89. The fraction of sp³-hybridized carbons (Fsp3) is 0.125. The first kappa shape index (κ1) is 18.3. The van der Waals surface area contributed by atoms with E-state index in [1.165, 1.54) is 0 Å². The Bertz CT molecular complexity index is 472. The second-order valence-electron chi connectivity index (χ2n) is 3.86. The molecular weight excluding hydrogens is 247 g/mol. The van der Waals surface area contributed by atoms with Crippen molar-refractivity contribution in [2.24, 2.45) is 0 Å². The molecule has 4 heteroatoms. The summed E-state index contributed by atoms with van der Waals surface area (Å²) in [7, 11) is 0. The minimum absolute atomic E-state index is 0. The average molecular weight is 264 g/mol. The van der Waals surface area contributed by atoms with E-state index >= 15 is 0 Å². The van der Waals surface area contributed by atoms with Gasteiger partial charge >= 0.3 is 24.8 Å². The molecule has 2 aromatic carbocycles. The van der Waals surface area contributed by atoms with Gasteiger partial charge in [-0.25, -0.2) is 4.79 Å². The fourth-order valence-electron chi connectivity index (χ4n) is 1.31. The predicted molar refractivity (Wildman–Crippen MR) is 74.6 cm³/mol. The van der Waals surface area contributed by atoms with Gasteiger partial charge in [0.15, 0.2) is 0 Å². The van der Waals surface area contributed by atoms with Crippen LogP contribution in [0.1, 0.15) is 11.1 Å². The third-order valence-electron chi connectivity index (χ3n) is 2.18. The molecule has 1 N–H and O–H groups in total. The van der Waals surface area contributed by atoms with E-state index < -0.39 is 5.97 Å². The van der Waals surface area contributed by atoms with Gasteiger partial charge in [0.25, 0.3) is 0 Å². The summed E-state index contributed by atoms with van der Waals surface area (Å²) in [6.45, 7) is 3.83. The molecule has 0 fully saturated rings. The Hall–Kier alpha value is -1.66. The zero-order valence-electron chi connectivity index (χ0n) is 11.7. The van der Waals surface area contributed by atoms with Gasteiger partial charge in [-0.3, -0.25) is 0 Å². The first-order chi connectivity index (χ1) is 9.18. The third-order valence-corrected chi connectivity index (χ3v) is 2.18. The van der Waals surface area contributed by atoms with Crippen LogP contribution < -0.4 is 18.9 Å². The first-order valence-electron chi connectivity index (χ1n) is 5.89. The molecule has 0 saturated heterocycles. The van der Waals surface area contributed by atoms with Crippen LogP contribution in [0.15, 0.2) is 60.7 Å². The van der Waals surface area contributed by atoms with Crippen molar-refractivity contribution in [3.63, 3.8) is 0 Å². The molecule has 0 unspecified atom stereocenters. The molecule has 0 heterocycles. The van der Waals surface area contributed by atoms with E-state index in [2.05, 4.69) is 6.92 Å². The van der Waals surface area contributed by atoms with E-state index in [0.29, 0.717) is 6.61 Å². The molecule has 0 amide bonds. The Morgan fingerprint density at radius 1 is 1.00 bits per heavy atom. The Morgan fingerprint density at radius 2 is 1.50 bits per heavy atom. The van der Waals surface area contributed by atoms with Gasteiger partial charge in [-0.2, -0.15) is 24.6 Å². The number of rotatable bonds is 4. The molecule has 0 aliphatic rings. The van der Waals surface area contributed by atoms with E-state index in [4.69, 9.17) is 9.84 Å². The molecule has 0 atom stereocenters. The quantitative estimate of drug-likeness (QED) is 0.632. The van der Waals surface area contributed by atoms with Crippen LogP contribution in [0.3, 0.4) is 0 Å². The number of ether oxygens (including phenoxy) is 1. The van der Waals surface area contributed by atoms with Gasteiger partial charge in [0.05, 0.1) is 6.61 Å². The van der Waals surface area contributed by atoms with Crippen molar-refractivity contribution in [3.8, 4) is 0 Å². The van der Waals surface area contributed by atoms with Gasteiger partial charge in [0.2, 0.25) is 0 Å². The van der Waals surface area contributed by atoms with Crippen LogP contribution in [0.5, 0.6) is 0 Å². The molecule has 0 aromatic heterocycles. The summed E-state index contributed by atoms with van der Waals surface area (Å²) in [6.07, 6.45) is 0. The SMILES string of the molecule is O=C(O)COCc1ccccc1.[CH2-]c1ccccc1.[Li+]. The molecule has 3 nitrogen and oxygen atoms in total. The largest absolute Gasteiger partial charge is 1.00 e. The number of carbonyl (C=O) groups is 1. The Labute approximate surface area is 131 Å². The third kappa shape index (κ3) is 9.29. The van der Waals surface area contributed by atoms with Crippen LogP contribution in [-0.2, 0) is 16.1 Å². The molecule has 0 aliphatic heterocycles. The molecule has 0 radical (unpaired) electrons. The van der Waals surface area contributed by atoms with Crippen molar-refractivity contribution < 1.29 is 33.5 Å². The second kappa shape index (κ2) is 11.2. The Balaban J connectivity index is 0.000000387. The molecule has 0 spiro atoms. The summed E-state index contributed by atoms with van der Waals surface area (Å²) in [5.74, 6) is -0.939. The molecule has 100 valence electrons. The second-order valence-corrected chi connectivity index (χ2v) is 3.86. The predicted octanol–water partition coefficient (Wildman–Crippen LogP) is 0.161. The number of benzene rings is 2. The Kier molecular flexibility index (Phi) is 10.3. The van der Waals surface area contributed by atoms with Gasteiger partial charge in [-0.1, -0.05) is 36.4 Å². The van der Waals surface area contributed by atoms with E-state index in [1.807, 2.05) is 60.7 Å². The van der Waals surface area contributed by atoms with Gasteiger partial charge in [-0.15, -0.1) is 12.1 Å². The minimum Gasteiger partial charge on any atom is -0.480 e. The summed E-state index contributed by atoms with van der Waals surface area (Å²) in [6, 6.07) is 19.3. The fourth-order valence-corrected chi connectivity index (χ4v) is 1.31. The van der Waals surface area contributed by atoms with Crippen LogP contribution in [0.25, 0.3) is 0 Å². The summed E-state index contributed by atoms with van der Waals surface area (Å²) in [5, 5.41) is 8.27. The molecule has 0 saturated carbocycles. The standard InChI is InChI=1S/C9H10O3.C7H7.Li/c10-9(11)7-12-6-8-4-2-1-3-5-8;1-7-5-3-2-4-6-7;/h1-5H,6-7H2,(H,10,11);2-6H,1H2;/q;-1;+1. The Morgan fingerprint density at radius 3 is 1.90 bits per heavy atom. The van der Waals surface area contributed by atoms with Crippen molar-refractivity contribution in [1.82, 2.24) is 0 Å². The van der Waals surface area contributed by atoms with Gasteiger partial charge in [0.1, 0.15) is 6.61 Å². The number of hydrogen-bond donors (Lipinski definition) is 1. The van der Waals surface area contributed by atoms with Crippen LogP contribution in [0.4, 0.5) is 0 Å². The smallest absolute Gasteiger partial charge is 0.480 e. The van der Waals surface area contributed by atoms with Crippen LogP contribution in [0, 0.1) is 6.92 Å². The number of carboxylic acid groups (broad SMARTS) is 1. The zero-order valence-corrected chi connectivity index (χ0v) is 11.7. The van der Waals surface area contributed by atoms with E-state index in [9.17, 15) is 4.79 Å². The molecule has 2 aromatic rings. The maximum absolute atomic E-state index is 10.1. The molecular formula is C16H17LiO3. The van der Waals surface area contributed by atoms with Crippen LogP contribution in [-0.4, -0.2) is 17.7 Å². The summed E-state index contributed by atoms with van der Waals surface area (Å²) < 4.78 is 4.88. The summed E-state index contributed by atoms with van der Waals surface area (Å²) >= 11 is 0. The maximum Gasteiger partial charge on any atom is 1.00 e. The molecule has 0 bridgehead atoms. The molecule has 2 rings (SSSR count). The zero-order chi connectivity index (χ0) is 13.9. The van der Waals surface area contributed by atoms with Crippen molar-refractivity contribution in [2.75, 3.05) is 6.61 Å². The minimum atomic E-state index is -0.939. The van der Waals surface area contributed by atoms with Gasteiger partial charge in [-0.05, 0) is 5.56 Å². The van der Waals surface area contributed by atoms with Gasteiger partial charge in [0, 0.05) is 0 Å². The average Bonchev–Trinajstić information content (AvgIpc) is 2.41. The summed E-state index contributed by atoms with van der Waals surface area (Å²) in [5.41, 5.74) is 2.06. The van der Waals surface area contributed by atoms with Crippen LogP contribution >= 0.6 is 0 Å². The maximum atomic E-state index is 10.1. The topological polar surface area (TPSA) is 46.5 Å². The molecule has 20 heavy (non-hydrogen) atoms. The summed E-state index contributed by atoms with van der Waals surface area (Å²) in [4.78, 5) is 10.1.